The van der Waals surface area contributed by atoms with Gasteiger partial charge in [0.25, 0.3) is 0 Å². The molecule has 0 aromatic carbocycles. The van der Waals surface area contributed by atoms with E-state index in [1.807, 2.05) is 0 Å². The molecule has 0 saturated carbocycles. The molecule has 0 amide bonds. The molecule has 0 aromatic rings. The van der Waals surface area contributed by atoms with Crippen molar-refractivity contribution < 1.29 is 3.79 Å². The molecule has 1 aliphatic heterocycles. The van der Waals surface area contributed by atoms with Gasteiger partial charge in [0, 0.05) is 6.61 Å². The molecule has 0 bridgehead atoms. The van der Waals surface area contributed by atoms with E-state index >= 15 is 0 Å². The Kier molecular flexibility index (Phi) is 7.13. The summed E-state index contributed by atoms with van der Waals surface area (Å²) in [5, 5.41) is 1.40. The van der Waals surface area contributed by atoms with Gasteiger partial charge in [0.2, 0.25) is 0 Å². The Bertz CT molecular complexity index is 99.8. The average Bonchev–Trinajstić information content (AvgIpc) is 1.91. The summed E-state index contributed by atoms with van der Waals surface area (Å²) in [6.07, 6.45) is 2.73. The molecule has 1 rings (SSSR count). The highest BCUT2D eigenvalue weighted by molar-refractivity contribution is 6.50. The molecular weight excluding hydrogens is 139 g/mol. The van der Waals surface area contributed by atoms with Gasteiger partial charge in [0.15, 0.2) is 0 Å². The molecule has 2 heteroatoms. The first kappa shape index (κ1) is 10.0. The van der Waals surface area contributed by atoms with Crippen LogP contribution in [0.3, 0.4) is 0 Å². The molecule has 1 heterocycles. The SMILES string of the molecule is C=C=C.[CH3][Al]1[CH2]CCC[O]1. The van der Waals surface area contributed by atoms with Gasteiger partial charge < -0.3 is 3.79 Å². The summed E-state index contributed by atoms with van der Waals surface area (Å²) in [6.45, 7) is 7.30. The lowest BCUT2D eigenvalue weighted by Gasteiger charge is -2.13. The number of rotatable bonds is 0. The van der Waals surface area contributed by atoms with Crippen molar-refractivity contribution in [3.63, 3.8) is 0 Å². The summed E-state index contributed by atoms with van der Waals surface area (Å²) in [4.78, 5) is 0. The molecule has 0 unspecified atom stereocenters. The Morgan fingerprint density at radius 3 is 2.20 bits per heavy atom. The topological polar surface area (TPSA) is 9.23 Å². The van der Waals surface area contributed by atoms with Gasteiger partial charge in [-0.3, -0.25) is 0 Å². The average molecular weight is 154 g/mol. The highest BCUT2D eigenvalue weighted by Gasteiger charge is 2.15. The molecule has 0 aliphatic carbocycles. The van der Waals surface area contributed by atoms with Crippen molar-refractivity contribution in [2.75, 3.05) is 6.61 Å². The normalized spacial score (nSPS) is 16.7. The van der Waals surface area contributed by atoms with E-state index in [1.165, 1.54) is 18.1 Å². The molecule has 0 atom stereocenters. The molecule has 0 radical (unpaired) electrons. The summed E-state index contributed by atoms with van der Waals surface area (Å²) < 4.78 is 5.42. The predicted octanol–water partition coefficient (Wildman–Crippen LogP) is 2.38. The van der Waals surface area contributed by atoms with E-state index in [2.05, 4.69) is 24.7 Å². The lowest BCUT2D eigenvalue weighted by atomic mass is 10.4. The maximum Gasteiger partial charge on any atom is 0.457 e. The van der Waals surface area contributed by atoms with Crippen LogP contribution in [-0.2, 0) is 3.79 Å². The molecule has 0 spiro atoms. The lowest BCUT2D eigenvalue weighted by Crippen LogP contribution is -2.18. The Morgan fingerprint density at radius 1 is 1.40 bits per heavy atom. The van der Waals surface area contributed by atoms with Crippen molar-refractivity contribution in [3.05, 3.63) is 18.9 Å². The number of hydrogen-bond acceptors (Lipinski definition) is 1. The Hall–Kier alpha value is 0.0125. The molecular formula is C8H15AlO. The van der Waals surface area contributed by atoms with Crippen LogP contribution in [0.5, 0.6) is 0 Å². The Balaban J connectivity index is 0.000000236. The van der Waals surface area contributed by atoms with Gasteiger partial charge in [-0.15, -0.1) is 5.73 Å². The summed E-state index contributed by atoms with van der Waals surface area (Å²) in [5.74, 6) is 2.28. The quantitative estimate of drug-likeness (QED) is 0.384. The molecule has 0 N–H and O–H groups in total. The van der Waals surface area contributed by atoms with E-state index in [0.717, 1.165) is 6.61 Å². The molecule has 1 aliphatic rings. The highest BCUT2D eigenvalue weighted by Crippen LogP contribution is 2.09. The summed E-state index contributed by atoms with van der Waals surface area (Å²) >= 11 is -0.595. The number of hydrogen-bond donors (Lipinski definition) is 0. The molecule has 1 fully saturated rings. The van der Waals surface area contributed by atoms with E-state index < -0.39 is 14.5 Å². The first-order chi connectivity index (χ1) is 4.81. The van der Waals surface area contributed by atoms with Gasteiger partial charge in [-0.1, -0.05) is 30.6 Å². The van der Waals surface area contributed by atoms with E-state index in [1.54, 1.807) is 0 Å². The van der Waals surface area contributed by atoms with Crippen molar-refractivity contribution in [2.24, 2.45) is 0 Å². The van der Waals surface area contributed by atoms with E-state index in [0.29, 0.717) is 0 Å². The second-order valence-corrected chi connectivity index (χ2v) is 4.96. The van der Waals surface area contributed by atoms with E-state index in [4.69, 9.17) is 3.79 Å². The van der Waals surface area contributed by atoms with Crippen LogP contribution in [-0.4, -0.2) is 21.1 Å². The van der Waals surface area contributed by atoms with Crippen molar-refractivity contribution >= 4 is 14.5 Å². The first-order valence-corrected chi connectivity index (χ1v) is 6.16. The summed E-state index contributed by atoms with van der Waals surface area (Å²) in [7, 11) is 0. The maximum absolute atomic E-state index is 5.42. The lowest BCUT2D eigenvalue weighted by molar-refractivity contribution is 0.291. The monoisotopic (exact) mass is 154 g/mol. The third-order valence-electron chi connectivity index (χ3n) is 1.41. The third kappa shape index (κ3) is 6.14. The van der Waals surface area contributed by atoms with Crippen molar-refractivity contribution in [2.45, 2.75) is 23.9 Å². The van der Waals surface area contributed by atoms with Crippen LogP contribution in [0.15, 0.2) is 18.9 Å². The zero-order chi connectivity index (χ0) is 7.82. The highest BCUT2D eigenvalue weighted by atomic mass is 27.2. The minimum absolute atomic E-state index is 0.595. The van der Waals surface area contributed by atoms with Gasteiger partial charge in [-0.25, -0.2) is 0 Å². The molecule has 10 heavy (non-hydrogen) atoms. The van der Waals surface area contributed by atoms with Crippen LogP contribution in [0.2, 0.25) is 11.1 Å². The molecule has 1 nitrogen and oxygen atoms in total. The smallest absolute Gasteiger partial charge is 0.457 e. The summed E-state index contributed by atoms with van der Waals surface area (Å²) in [6, 6.07) is 0. The van der Waals surface area contributed by atoms with E-state index in [9.17, 15) is 0 Å². The van der Waals surface area contributed by atoms with Crippen LogP contribution < -0.4 is 0 Å². The summed E-state index contributed by atoms with van der Waals surface area (Å²) in [5.41, 5.74) is 2.25. The van der Waals surface area contributed by atoms with Crippen LogP contribution in [0.4, 0.5) is 0 Å². The first-order valence-electron chi connectivity index (χ1n) is 3.72. The van der Waals surface area contributed by atoms with Crippen molar-refractivity contribution in [3.8, 4) is 0 Å². The van der Waals surface area contributed by atoms with Gasteiger partial charge >= 0.3 is 14.5 Å². The van der Waals surface area contributed by atoms with Gasteiger partial charge in [0.05, 0.1) is 0 Å². The van der Waals surface area contributed by atoms with Gasteiger partial charge in [0.1, 0.15) is 0 Å². The van der Waals surface area contributed by atoms with Crippen molar-refractivity contribution in [1.29, 1.82) is 0 Å². The van der Waals surface area contributed by atoms with Crippen LogP contribution >= 0.6 is 0 Å². The van der Waals surface area contributed by atoms with Crippen LogP contribution in [0.1, 0.15) is 12.8 Å². The standard InChI is InChI=1S/C4H8O.C3H4.CH3.Al/c1-2-3-4-5;1-3-2;;/h1-4H2;1-2H2;1H3;/q-1;;;+1. The fourth-order valence-corrected chi connectivity index (χ4v) is 2.50. The largest absolute Gasteiger partial charge is 0.501 e. The molecule has 56 valence electrons. The van der Waals surface area contributed by atoms with Crippen LogP contribution in [0.25, 0.3) is 0 Å². The molecule has 1 saturated heterocycles. The van der Waals surface area contributed by atoms with Crippen molar-refractivity contribution in [1.82, 2.24) is 0 Å². The molecule has 0 aromatic heterocycles. The fourth-order valence-electron chi connectivity index (χ4n) is 0.902. The van der Waals surface area contributed by atoms with E-state index in [-0.39, 0.29) is 0 Å². The zero-order valence-electron chi connectivity index (χ0n) is 6.73. The second kappa shape index (κ2) is 7.12. The Morgan fingerprint density at radius 2 is 2.00 bits per heavy atom. The van der Waals surface area contributed by atoms with Gasteiger partial charge in [-0.2, -0.15) is 0 Å². The Labute approximate surface area is 68.1 Å². The zero-order valence-corrected chi connectivity index (χ0v) is 7.88. The second-order valence-electron chi connectivity index (χ2n) is 2.43. The minimum Gasteiger partial charge on any atom is -0.501 e. The van der Waals surface area contributed by atoms with Gasteiger partial charge in [-0.05, 0) is 6.42 Å². The van der Waals surface area contributed by atoms with Crippen LogP contribution in [0, 0.1) is 0 Å². The minimum atomic E-state index is -0.595. The third-order valence-corrected chi connectivity index (χ3v) is 3.43. The maximum atomic E-state index is 5.42. The fraction of sp³-hybridized carbons (Fsp3) is 0.625. The predicted molar refractivity (Wildman–Crippen MR) is 46.4 cm³/mol.